The lowest BCUT2D eigenvalue weighted by Crippen LogP contribution is -2.23. The lowest BCUT2D eigenvalue weighted by atomic mass is 10.2. The van der Waals surface area contributed by atoms with Crippen LogP contribution in [-0.4, -0.2) is 64.3 Å². The molecule has 0 fully saturated rings. The average molecular weight is 504 g/mol. The van der Waals surface area contributed by atoms with Gasteiger partial charge in [0.05, 0.1) is 22.0 Å². The van der Waals surface area contributed by atoms with Crippen molar-refractivity contribution in [2.75, 3.05) is 26.4 Å². The Morgan fingerprint density at radius 3 is 2.74 bits per heavy atom. The third kappa shape index (κ3) is 5.35. The highest BCUT2D eigenvalue weighted by atomic mass is 32.2. The van der Waals surface area contributed by atoms with Gasteiger partial charge in [-0.15, -0.1) is 11.3 Å². The molecule has 0 spiro atoms. The Labute approximate surface area is 188 Å². The quantitative estimate of drug-likeness (QED) is 0.261. The van der Waals surface area contributed by atoms with Gasteiger partial charge in [-0.05, 0) is 18.2 Å². The Balaban J connectivity index is 1.66. The number of benzene rings is 1. The summed E-state index contributed by atoms with van der Waals surface area (Å²) in [5.41, 5.74) is 11.8. The van der Waals surface area contributed by atoms with Crippen LogP contribution in [0.25, 0.3) is 0 Å². The molecule has 1 aromatic carbocycles. The summed E-state index contributed by atoms with van der Waals surface area (Å²) < 4.78 is 52.8. The molecule has 1 aliphatic heterocycles. The zero-order chi connectivity index (χ0) is 22.8. The molecule has 0 unspecified atom stereocenters. The van der Waals surface area contributed by atoms with Crippen LogP contribution in [0, 0.1) is 0 Å². The van der Waals surface area contributed by atoms with Gasteiger partial charge in [-0.1, -0.05) is 0 Å². The molecule has 2 heterocycles. The first-order valence-electron chi connectivity index (χ1n) is 8.77. The molecule has 0 aliphatic carbocycles. The zero-order valence-corrected chi connectivity index (χ0v) is 19.9. The molecule has 3 rings (SSSR count). The highest BCUT2D eigenvalue weighted by Gasteiger charge is 2.32. The van der Waals surface area contributed by atoms with E-state index in [1.165, 1.54) is 37.6 Å². The van der Waals surface area contributed by atoms with Crippen molar-refractivity contribution in [3.63, 3.8) is 0 Å². The fourth-order valence-electron chi connectivity index (χ4n) is 2.57. The first-order valence-corrected chi connectivity index (χ1v) is 13.7. The predicted molar refractivity (Wildman–Crippen MR) is 123 cm³/mol. The monoisotopic (exact) mass is 503 g/mol. The maximum atomic E-state index is 12.4. The van der Waals surface area contributed by atoms with E-state index in [0.717, 1.165) is 16.1 Å². The fourth-order valence-corrected chi connectivity index (χ4v) is 6.38. The van der Waals surface area contributed by atoms with E-state index < -0.39 is 20.0 Å². The number of guanidine groups is 1. The maximum Gasteiger partial charge on any atom is 0.263 e. The largest absolute Gasteiger partial charge is 0.370 e. The summed E-state index contributed by atoms with van der Waals surface area (Å²) in [5.74, 6) is 1.42. The second-order valence-corrected chi connectivity index (χ2v) is 12.2. The number of aliphatic imine (C=N–C) groups is 2. The Kier molecular flexibility index (Phi) is 6.90. The van der Waals surface area contributed by atoms with Crippen LogP contribution in [0.2, 0.25) is 0 Å². The molecule has 31 heavy (non-hydrogen) atoms. The molecule has 1 aliphatic rings. The van der Waals surface area contributed by atoms with Gasteiger partial charge in [-0.25, -0.2) is 26.1 Å². The number of nitrogens with two attached hydrogens (primary N) is 2. The Hall–Kier alpha value is -2.20. The second kappa shape index (κ2) is 9.12. The predicted octanol–water partition coefficient (Wildman–Crippen LogP) is 0.270. The molecule has 15 heteroatoms. The molecule has 168 valence electrons. The van der Waals surface area contributed by atoms with E-state index in [9.17, 15) is 16.8 Å². The number of thiazole rings is 1. The van der Waals surface area contributed by atoms with Crippen molar-refractivity contribution in [1.82, 2.24) is 14.0 Å². The van der Waals surface area contributed by atoms with Crippen molar-refractivity contribution in [2.45, 2.75) is 15.5 Å². The highest BCUT2D eigenvalue weighted by Crippen LogP contribution is 2.27. The Morgan fingerprint density at radius 2 is 2.06 bits per heavy atom. The summed E-state index contributed by atoms with van der Waals surface area (Å²) in [6.45, 7) is 0.366. The lowest BCUT2D eigenvalue weighted by Gasteiger charge is -2.11. The number of fused-ring (bicyclic) bond motifs is 1. The summed E-state index contributed by atoms with van der Waals surface area (Å²) in [4.78, 5) is 12.3. The van der Waals surface area contributed by atoms with Crippen LogP contribution in [0.15, 0.2) is 43.4 Å². The van der Waals surface area contributed by atoms with Crippen molar-refractivity contribution in [3.8, 4) is 0 Å². The van der Waals surface area contributed by atoms with E-state index in [1.807, 2.05) is 5.38 Å². The van der Waals surface area contributed by atoms with E-state index in [0.29, 0.717) is 28.7 Å². The molecular formula is C16H21N7O4S4. The molecule has 1 aromatic heterocycles. The number of nitrogens with one attached hydrogen (secondary N) is 1. The summed E-state index contributed by atoms with van der Waals surface area (Å²) >= 11 is 2.91. The SMILES string of the molecule is CN(C)S(=O)(=O)c1ccc2c(c1)S(=O)(=O)NC2=NCCSCc1csc(N=C(N)N)n1. The van der Waals surface area contributed by atoms with E-state index in [4.69, 9.17) is 11.5 Å². The van der Waals surface area contributed by atoms with Gasteiger partial charge in [0.1, 0.15) is 5.84 Å². The van der Waals surface area contributed by atoms with E-state index in [1.54, 1.807) is 11.8 Å². The fraction of sp³-hybridized carbons (Fsp3) is 0.312. The Morgan fingerprint density at radius 1 is 1.32 bits per heavy atom. The smallest absolute Gasteiger partial charge is 0.263 e. The van der Waals surface area contributed by atoms with E-state index >= 15 is 0 Å². The standard InChI is InChI=1S/C16H21N7O4S4/c1-23(2)31(26,27)11-3-4-12-13(7-11)30(24,25)22-14(12)19-5-6-28-8-10-9-29-16(20-10)21-15(17)18/h3-4,7,9H,5-6,8H2,1-2H3,(H,19,22)(H4,17,18,20,21). The van der Waals surface area contributed by atoms with Gasteiger partial charge in [0.25, 0.3) is 10.0 Å². The summed E-state index contributed by atoms with van der Waals surface area (Å²) in [6, 6.07) is 3.98. The number of thioether (sulfide) groups is 1. The van der Waals surface area contributed by atoms with Gasteiger partial charge in [0.15, 0.2) is 5.96 Å². The van der Waals surface area contributed by atoms with Gasteiger partial charge in [0, 0.05) is 36.5 Å². The third-order valence-corrected chi connectivity index (χ3v) is 8.97. The number of nitrogens with zero attached hydrogens (tertiary/aromatic N) is 4. The van der Waals surface area contributed by atoms with Crippen molar-refractivity contribution in [3.05, 3.63) is 34.8 Å². The van der Waals surface area contributed by atoms with Gasteiger partial charge in [-0.3, -0.25) is 9.71 Å². The average Bonchev–Trinajstić information content (AvgIpc) is 3.22. The van der Waals surface area contributed by atoms with Crippen LogP contribution in [-0.2, 0) is 25.8 Å². The minimum atomic E-state index is -3.87. The lowest BCUT2D eigenvalue weighted by molar-refractivity contribution is 0.520. The van der Waals surface area contributed by atoms with Crippen molar-refractivity contribution in [2.24, 2.45) is 21.5 Å². The van der Waals surface area contributed by atoms with Crippen LogP contribution in [0.1, 0.15) is 11.3 Å². The molecule has 5 N–H and O–H groups in total. The normalized spacial score (nSPS) is 16.3. The molecule has 2 aromatic rings. The van der Waals surface area contributed by atoms with Crippen LogP contribution in [0.3, 0.4) is 0 Å². The first-order chi connectivity index (χ1) is 14.5. The van der Waals surface area contributed by atoms with Gasteiger partial charge in [0.2, 0.25) is 15.2 Å². The maximum absolute atomic E-state index is 12.4. The zero-order valence-electron chi connectivity index (χ0n) is 16.6. The summed E-state index contributed by atoms with van der Waals surface area (Å²) in [6.07, 6.45) is 0. The van der Waals surface area contributed by atoms with Crippen LogP contribution in [0.4, 0.5) is 5.13 Å². The van der Waals surface area contributed by atoms with E-state index in [-0.39, 0.29) is 21.6 Å². The molecule has 0 radical (unpaired) electrons. The van der Waals surface area contributed by atoms with Gasteiger partial charge < -0.3 is 11.5 Å². The number of hydrogen-bond donors (Lipinski definition) is 3. The van der Waals surface area contributed by atoms with Crippen LogP contribution < -0.4 is 16.2 Å². The molecule has 0 saturated heterocycles. The molecule has 0 atom stereocenters. The number of amidine groups is 1. The first kappa shape index (κ1) is 23.5. The summed E-state index contributed by atoms with van der Waals surface area (Å²) in [7, 11) is -4.85. The van der Waals surface area contributed by atoms with Crippen LogP contribution >= 0.6 is 23.1 Å². The van der Waals surface area contributed by atoms with E-state index in [2.05, 4.69) is 19.7 Å². The van der Waals surface area contributed by atoms with Crippen LogP contribution in [0.5, 0.6) is 0 Å². The van der Waals surface area contributed by atoms with Crippen molar-refractivity contribution in [1.29, 1.82) is 0 Å². The number of rotatable bonds is 8. The number of sulfonamides is 2. The highest BCUT2D eigenvalue weighted by molar-refractivity contribution is 7.98. The second-order valence-electron chi connectivity index (χ2n) is 6.49. The molecule has 0 amide bonds. The number of hydrogen-bond acceptors (Lipinski definition) is 9. The molecule has 0 saturated carbocycles. The molecular weight excluding hydrogens is 482 g/mol. The summed E-state index contributed by atoms with van der Waals surface area (Å²) in [5, 5.41) is 2.35. The van der Waals surface area contributed by atoms with Crippen molar-refractivity contribution >= 4 is 60.1 Å². The topological polar surface area (TPSA) is 173 Å². The third-order valence-electron chi connectivity index (χ3n) is 4.03. The molecule has 0 bridgehead atoms. The minimum absolute atomic E-state index is 0.0462. The van der Waals surface area contributed by atoms with Crippen molar-refractivity contribution < 1.29 is 16.8 Å². The molecule has 11 nitrogen and oxygen atoms in total. The number of aromatic nitrogens is 1. The van der Waals surface area contributed by atoms with Gasteiger partial charge >= 0.3 is 0 Å². The van der Waals surface area contributed by atoms with Gasteiger partial charge in [-0.2, -0.15) is 16.8 Å². The minimum Gasteiger partial charge on any atom is -0.370 e. The Bertz CT molecular complexity index is 1250.